The van der Waals surface area contributed by atoms with E-state index in [1.165, 1.54) is 16.2 Å². The average molecular weight is 428 g/mol. The smallest absolute Gasteiger partial charge is 0.259 e. The summed E-state index contributed by atoms with van der Waals surface area (Å²) in [7, 11) is 0. The molecule has 0 saturated carbocycles. The van der Waals surface area contributed by atoms with E-state index in [-0.39, 0.29) is 23.9 Å². The van der Waals surface area contributed by atoms with Crippen molar-refractivity contribution >= 4 is 11.6 Å². The zero-order valence-corrected chi connectivity index (χ0v) is 18.2. The number of rotatable bonds is 6. The molecule has 162 valence electrons. The third-order valence-electron chi connectivity index (χ3n) is 5.14. The molecule has 0 bridgehead atoms. The van der Waals surface area contributed by atoms with Crippen molar-refractivity contribution in [3.63, 3.8) is 0 Å². The van der Waals surface area contributed by atoms with Gasteiger partial charge in [0.2, 0.25) is 11.7 Å². The van der Waals surface area contributed by atoms with E-state index in [4.69, 9.17) is 4.52 Å². The molecular weight excluding hydrogens is 404 g/mol. The Kier molecular flexibility index (Phi) is 5.98. The van der Waals surface area contributed by atoms with Crippen molar-refractivity contribution in [1.29, 1.82) is 0 Å². The first-order valence-electron chi connectivity index (χ1n) is 10.4. The Balaban J connectivity index is 1.50. The van der Waals surface area contributed by atoms with E-state index in [0.29, 0.717) is 23.0 Å². The first kappa shape index (κ1) is 21.2. The number of aryl methyl sites for hydroxylation is 1. The maximum absolute atomic E-state index is 12.5. The monoisotopic (exact) mass is 428 g/mol. The fraction of sp³-hybridized carbons (Fsp3) is 0.200. The van der Waals surface area contributed by atoms with Crippen LogP contribution in [0.25, 0.3) is 22.8 Å². The van der Waals surface area contributed by atoms with E-state index in [1.54, 1.807) is 12.3 Å². The Hall–Kier alpha value is -4.00. The first-order valence-corrected chi connectivity index (χ1v) is 10.4. The van der Waals surface area contributed by atoms with Gasteiger partial charge in [0, 0.05) is 23.5 Å². The molecule has 2 heterocycles. The lowest BCUT2D eigenvalue weighted by Gasteiger charge is -2.10. The highest BCUT2D eigenvalue weighted by atomic mass is 16.5. The number of carbonyl (C=O) groups excluding carboxylic acids is 1. The lowest BCUT2D eigenvalue weighted by Crippen LogP contribution is -2.26. The van der Waals surface area contributed by atoms with Gasteiger partial charge in [-0.3, -0.25) is 9.59 Å². The maximum Gasteiger partial charge on any atom is 0.259 e. The molecule has 0 spiro atoms. The molecule has 2 aromatic heterocycles. The lowest BCUT2D eigenvalue weighted by atomic mass is 10.0. The number of amides is 1. The van der Waals surface area contributed by atoms with Crippen molar-refractivity contribution in [3.05, 3.63) is 88.3 Å². The molecule has 0 aliphatic rings. The van der Waals surface area contributed by atoms with Gasteiger partial charge in [-0.15, -0.1) is 0 Å². The minimum Gasteiger partial charge on any atom is -0.334 e. The van der Waals surface area contributed by atoms with Crippen LogP contribution in [0.15, 0.2) is 76.2 Å². The fourth-order valence-electron chi connectivity index (χ4n) is 3.25. The van der Waals surface area contributed by atoms with Crippen LogP contribution >= 0.6 is 0 Å². The van der Waals surface area contributed by atoms with Crippen LogP contribution in [0.2, 0.25) is 0 Å². The van der Waals surface area contributed by atoms with Gasteiger partial charge in [-0.05, 0) is 36.6 Å². The standard InChI is InChI=1S/C25H24N4O3/c1-16(2)18-8-11-21(12-9-18)26-22(30)15-29-14-20(10-13-23(29)31)25-27-24(28-32-25)19-6-4-17(3)5-7-19/h4-14,16H,15H2,1-3H3,(H,26,30). The van der Waals surface area contributed by atoms with E-state index in [2.05, 4.69) is 29.3 Å². The Morgan fingerprint density at radius 2 is 1.69 bits per heavy atom. The van der Waals surface area contributed by atoms with E-state index >= 15 is 0 Å². The predicted molar refractivity (Wildman–Crippen MR) is 123 cm³/mol. The molecule has 0 radical (unpaired) electrons. The number of nitrogens with one attached hydrogen (secondary N) is 1. The molecule has 0 unspecified atom stereocenters. The molecule has 0 aliphatic carbocycles. The Labute approximate surface area is 185 Å². The molecule has 0 atom stereocenters. The van der Waals surface area contributed by atoms with Crippen molar-refractivity contribution in [2.45, 2.75) is 33.2 Å². The average Bonchev–Trinajstić information content (AvgIpc) is 3.26. The Bertz CT molecular complexity index is 1290. The summed E-state index contributed by atoms with van der Waals surface area (Å²) in [6, 6.07) is 18.5. The van der Waals surface area contributed by atoms with E-state index < -0.39 is 0 Å². The number of pyridine rings is 1. The highest BCUT2D eigenvalue weighted by Gasteiger charge is 2.13. The molecule has 0 aliphatic heterocycles. The number of aromatic nitrogens is 3. The second-order valence-electron chi connectivity index (χ2n) is 8.00. The van der Waals surface area contributed by atoms with E-state index in [9.17, 15) is 9.59 Å². The summed E-state index contributed by atoms with van der Waals surface area (Å²) in [5.74, 6) is 0.851. The normalized spacial score (nSPS) is 11.0. The molecule has 4 aromatic rings. The second kappa shape index (κ2) is 9.01. The van der Waals surface area contributed by atoms with Crippen molar-refractivity contribution < 1.29 is 9.32 Å². The van der Waals surface area contributed by atoms with Crippen molar-refractivity contribution in [2.24, 2.45) is 0 Å². The fourth-order valence-corrected chi connectivity index (χ4v) is 3.25. The molecule has 7 heteroatoms. The van der Waals surface area contributed by atoms with Crippen LogP contribution in [-0.4, -0.2) is 20.6 Å². The highest BCUT2D eigenvalue weighted by molar-refractivity contribution is 5.90. The summed E-state index contributed by atoms with van der Waals surface area (Å²) in [4.78, 5) is 29.2. The summed E-state index contributed by atoms with van der Waals surface area (Å²) in [6.45, 7) is 6.10. The third-order valence-corrected chi connectivity index (χ3v) is 5.14. The number of nitrogens with zero attached hydrogens (tertiary/aromatic N) is 3. The van der Waals surface area contributed by atoms with Gasteiger partial charge in [0.25, 0.3) is 11.4 Å². The van der Waals surface area contributed by atoms with E-state index in [1.807, 2.05) is 55.5 Å². The minimum atomic E-state index is -0.299. The number of carbonyl (C=O) groups is 1. The van der Waals surface area contributed by atoms with Gasteiger partial charge in [0.05, 0.1) is 5.56 Å². The van der Waals surface area contributed by atoms with Crippen molar-refractivity contribution in [1.82, 2.24) is 14.7 Å². The maximum atomic E-state index is 12.5. The summed E-state index contributed by atoms with van der Waals surface area (Å²) in [5, 5.41) is 6.85. The molecule has 32 heavy (non-hydrogen) atoms. The van der Waals surface area contributed by atoms with Crippen LogP contribution in [-0.2, 0) is 11.3 Å². The quantitative estimate of drug-likeness (QED) is 0.483. The molecular formula is C25H24N4O3. The van der Waals surface area contributed by atoms with Gasteiger partial charge in [-0.1, -0.05) is 61.0 Å². The molecule has 0 fully saturated rings. The Morgan fingerprint density at radius 3 is 2.38 bits per heavy atom. The van der Waals surface area contributed by atoms with Gasteiger partial charge in [0.15, 0.2) is 0 Å². The molecule has 1 N–H and O–H groups in total. The van der Waals surface area contributed by atoms with Crippen LogP contribution in [0.3, 0.4) is 0 Å². The number of benzene rings is 2. The van der Waals surface area contributed by atoms with Crippen molar-refractivity contribution in [2.75, 3.05) is 5.32 Å². The SMILES string of the molecule is Cc1ccc(-c2noc(-c3ccc(=O)n(CC(=O)Nc4ccc(C(C)C)cc4)c3)n2)cc1. The van der Waals surface area contributed by atoms with Gasteiger partial charge in [-0.25, -0.2) is 0 Å². The van der Waals surface area contributed by atoms with Gasteiger partial charge < -0.3 is 14.4 Å². The van der Waals surface area contributed by atoms with Crippen LogP contribution in [0.1, 0.15) is 30.9 Å². The predicted octanol–water partition coefficient (Wildman–Crippen LogP) is 4.64. The van der Waals surface area contributed by atoms with Gasteiger partial charge in [0.1, 0.15) is 6.54 Å². The highest BCUT2D eigenvalue weighted by Crippen LogP contribution is 2.22. The minimum absolute atomic E-state index is 0.127. The molecule has 4 rings (SSSR count). The second-order valence-corrected chi connectivity index (χ2v) is 8.00. The Morgan fingerprint density at radius 1 is 1.00 bits per heavy atom. The number of anilines is 1. The van der Waals surface area contributed by atoms with Gasteiger partial charge >= 0.3 is 0 Å². The summed E-state index contributed by atoms with van der Waals surface area (Å²) >= 11 is 0. The van der Waals surface area contributed by atoms with Crippen molar-refractivity contribution in [3.8, 4) is 22.8 Å². The first-order chi connectivity index (χ1) is 15.4. The molecule has 7 nitrogen and oxygen atoms in total. The summed E-state index contributed by atoms with van der Waals surface area (Å²) in [6.07, 6.45) is 1.55. The van der Waals surface area contributed by atoms with Crippen LogP contribution in [0.5, 0.6) is 0 Å². The largest absolute Gasteiger partial charge is 0.334 e. The zero-order valence-electron chi connectivity index (χ0n) is 18.2. The topological polar surface area (TPSA) is 90.0 Å². The zero-order chi connectivity index (χ0) is 22.7. The van der Waals surface area contributed by atoms with Crippen LogP contribution < -0.4 is 10.9 Å². The number of hydrogen-bond acceptors (Lipinski definition) is 5. The number of hydrogen-bond donors (Lipinski definition) is 1. The van der Waals surface area contributed by atoms with Crippen LogP contribution in [0.4, 0.5) is 5.69 Å². The van der Waals surface area contributed by atoms with Crippen LogP contribution in [0, 0.1) is 6.92 Å². The summed E-state index contributed by atoms with van der Waals surface area (Å²) < 4.78 is 6.71. The summed E-state index contributed by atoms with van der Waals surface area (Å²) in [5.41, 5.74) is 4.11. The lowest BCUT2D eigenvalue weighted by molar-refractivity contribution is -0.116. The van der Waals surface area contributed by atoms with Gasteiger partial charge in [-0.2, -0.15) is 4.98 Å². The third kappa shape index (κ3) is 4.83. The molecule has 1 amide bonds. The molecule has 0 saturated heterocycles. The molecule has 2 aromatic carbocycles. The van der Waals surface area contributed by atoms with E-state index in [0.717, 1.165) is 11.1 Å².